The number of aryl methyl sites for hydroxylation is 1. The molecule has 1 fully saturated rings. The maximum atomic E-state index is 9.59. The van der Waals surface area contributed by atoms with Crippen LogP contribution in [0.4, 0.5) is 5.82 Å². The van der Waals surface area contributed by atoms with Crippen LogP contribution in [0.25, 0.3) is 0 Å². The maximum absolute atomic E-state index is 9.59. The Morgan fingerprint density at radius 2 is 2.22 bits per heavy atom. The number of aromatic nitrogens is 3. The van der Waals surface area contributed by atoms with Crippen LogP contribution >= 0.6 is 0 Å². The van der Waals surface area contributed by atoms with Crippen LogP contribution in [0.1, 0.15) is 35.2 Å². The highest BCUT2D eigenvalue weighted by Crippen LogP contribution is 2.28. The predicted octanol–water partition coefficient (Wildman–Crippen LogP) is 2.42. The summed E-state index contributed by atoms with van der Waals surface area (Å²) < 4.78 is 11.3. The Kier molecular flexibility index (Phi) is 5.16. The van der Waals surface area contributed by atoms with E-state index in [2.05, 4.69) is 20.9 Å². The SMILES string of the molecule is Cc1cnc(OCC2CCCN(c3nc4c(cc3C#N)COCC4)C2)nc1. The summed E-state index contributed by atoms with van der Waals surface area (Å²) >= 11 is 0. The molecule has 2 aliphatic rings. The molecule has 4 rings (SSSR count). The molecule has 1 unspecified atom stereocenters. The van der Waals surface area contributed by atoms with Gasteiger partial charge in [0, 0.05) is 43.4 Å². The Labute approximate surface area is 159 Å². The van der Waals surface area contributed by atoms with Crippen LogP contribution in [-0.4, -0.2) is 41.3 Å². The van der Waals surface area contributed by atoms with Crippen molar-refractivity contribution in [3.63, 3.8) is 0 Å². The van der Waals surface area contributed by atoms with Crippen molar-refractivity contribution in [2.24, 2.45) is 5.92 Å². The Balaban J connectivity index is 1.46. The Bertz CT molecular complexity index is 847. The monoisotopic (exact) mass is 365 g/mol. The second kappa shape index (κ2) is 7.89. The average Bonchev–Trinajstić information content (AvgIpc) is 2.72. The fraction of sp³-hybridized carbons (Fsp3) is 0.500. The highest BCUT2D eigenvalue weighted by molar-refractivity contribution is 5.56. The summed E-state index contributed by atoms with van der Waals surface area (Å²) in [7, 11) is 0. The van der Waals surface area contributed by atoms with Crippen molar-refractivity contribution in [1.82, 2.24) is 15.0 Å². The molecule has 0 aromatic carbocycles. The summed E-state index contributed by atoms with van der Waals surface area (Å²) in [5.41, 5.74) is 3.73. The van der Waals surface area contributed by atoms with Crippen LogP contribution in [0, 0.1) is 24.2 Å². The van der Waals surface area contributed by atoms with Gasteiger partial charge in [-0.2, -0.15) is 5.26 Å². The number of nitriles is 1. The van der Waals surface area contributed by atoms with Gasteiger partial charge in [0.1, 0.15) is 11.9 Å². The highest BCUT2D eigenvalue weighted by Gasteiger charge is 2.25. The van der Waals surface area contributed by atoms with Crippen LogP contribution in [0.2, 0.25) is 0 Å². The molecule has 140 valence electrons. The first-order valence-corrected chi connectivity index (χ1v) is 9.40. The van der Waals surface area contributed by atoms with Crippen LogP contribution in [-0.2, 0) is 17.8 Å². The van der Waals surface area contributed by atoms with Gasteiger partial charge in [-0.1, -0.05) is 0 Å². The van der Waals surface area contributed by atoms with Crippen molar-refractivity contribution in [1.29, 1.82) is 5.26 Å². The van der Waals surface area contributed by atoms with Gasteiger partial charge in [0.15, 0.2) is 0 Å². The van der Waals surface area contributed by atoms with Gasteiger partial charge in [0.2, 0.25) is 0 Å². The molecule has 27 heavy (non-hydrogen) atoms. The number of hydrogen-bond donors (Lipinski definition) is 0. The van der Waals surface area contributed by atoms with Gasteiger partial charge in [-0.25, -0.2) is 15.0 Å². The molecular formula is C20H23N5O2. The Hall–Kier alpha value is -2.72. The molecule has 0 bridgehead atoms. The minimum absolute atomic E-state index is 0.358. The van der Waals surface area contributed by atoms with Crippen molar-refractivity contribution in [2.45, 2.75) is 32.8 Å². The third kappa shape index (κ3) is 4.01. The zero-order valence-corrected chi connectivity index (χ0v) is 15.5. The predicted molar refractivity (Wildman–Crippen MR) is 99.5 cm³/mol. The molecular weight excluding hydrogens is 342 g/mol. The van der Waals surface area contributed by atoms with E-state index in [-0.39, 0.29) is 0 Å². The van der Waals surface area contributed by atoms with Gasteiger partial charge in [-0.3, -0.25) is 0 Å². The van der Waals surface area contributed by atoms with E-state index in [1.165, 1.54) is 0 Å². The molecule has 0 spiro atoms. The molecule has 0 amide bonds. The molecule has 0 N–H and O–H groups in total. The van der Waals surface area contributed by atoms with Crippen LogP contribution in [0.3, 0.4) is 0 Å². The van der Waals surface area contributed by atoms with Crippen LogP contribution in [0.5, 0.6) is 6.01 Å². The lowest BCUT2D eigenvalue weighted by Crippen LogP contribution is -2.39. The molecule has 1 atom stereocenters. The zero-order valence-electron chi connectivity index (χ0n) is 15.5. The Morgan fingerprint density at radius 3 is 3.04 bits per heavy atom. The topological polar surface area (TPSA) is 84.2 Å². The summed E-state index contributed by atoms with van der Waals surface area (Å²) in [6.07, 6.45) is 6.46. The Morgan fingerprint density at radius 1 is 1.37 bits per heavy atom. The quantitative estimate of drug-likeness (QED) is 0.822. The lowest BCUT2D eigenvalue weighted by Gasteiger charge is -2.34. The van der Waals surface area contributed by atoms with Crippen molar-refractivity contribution >= 4 is 5.82 Å². The number of piperidine rings is 1. The molecule has 0 radical (unpaired) electrons. The minimum Gasteiger partial charge on any atom is -0.463 e. The van der Waals surface area contributed by atoms with Gasteiger partial charge in [0.25, 0.3) is 0 Å². The van der Waals surface area contributed by atoms with Crippen LogP contribution < -0.4 is 9.64 Å². The van der Waals surface area contributed by atoms with Crippen molar-refractivity contribution in [3.05, 3.63) is 40.8 Å². The fourth-order valence-corrected chi connectivity index (χ4v) is 3.64. The summed E-state index contributed by atoms with van der Waals surface area (Å²) in [5.74, 6) is 1.16. The number of ether oxygens (including phenoxy) is 2. The maximum Gasteiger partial charge on any atom is 0.316 e. The summed E-state index contributed by atoms with van der Waals surface area (Å²) in [5, 5.41) is 9.59. The third-order valence-electron chi connectivity index (χ3n) is 5.06. The van der Waals surface area contributed by atoms with E-state index < -0.39 is 0 Å². The second-order valence-electron chi connectivity index (χ2n) is 7.19. The number of fused-ring (bicyclic) bond motifs is 1. The van der Waals surface area contributed by atoms with Gasteiger partial charge in [-0.15, -0.1) is 0 Å². The molecule has 7 nitrogen and oxygen atoms in total. The standard InChI is InChI=1S/C20H23N5O2/c1-14-9-22-20(23-10-14)27-12-15-3-2-5-25(11-15)19-16(8-21)7-17-13-26-6-4-18(17)24-19/h7,9-10,15H,2-6,11-13H2,1H3. The van der Waals surface area contributed by atoms with E-state index >= 15 is 0 Å². The molecule has 2 aliphatic heterocycles. The first-order valence-electron chi connectivity index (χ1n) is 9.40. The van der Waals surface area contributed by atoms with E-state index in [0.29, 0.717) is 37.3 Å². The molecule has 0 saturated carbocycles. The van der Waals surface area contributed by atoms with Gasteiger partial charge >= 0.3 is 6.01 Å². The largest absolute Gasteiger partial charge is 0.463 e. The van der Waals surface area contributed by atoms with E-state index in [1.54, 1.807) is 12.4 Å². The lowest BCUT2D eigenvalue weighted by atomic mass is 9.98. The average molecular weight is 365 g/mol. The summed E-state index contributed by atoms with van der Waals surface area (Å²) in [4.78, 5) is 15.5. The van der Waals surface area contributed by atoms with Crippen molar-refractivity contribution in [2.75, 3.05) is 31.2 Å². The van der Waals surface area contributed by atoms with Crippen molar-refractivity contribution < 1.29 is 9.47 Å². The molecule has 2 aromatic heterocycles. The van der Waals surface area contributed by atoms with Crippen LogP contribution in [0.15, 0.2) is 18.5 Å². The number of anilines is 1. The molecule has 1 saturated heterocycles. The fourth-order valence-electron chi connectivity index (χ4n) is 3.64. The van der Waals surface area contributed by atoms with Gasteiger partial charge < -0.3 is 14.4 Å². The summed E-state index contributed by atoms with van der Waals surface area (Å²) in [6.45, 7) is 5.49. The van der Waals surface area contributed by atoms with Crippen molar-refractivity contribution in [3.8, 4) is 12.1 Å². The minimum atomic E-state index is 0.358. The van der Waals surface area contributed by atoms with E-state index in [9.17, 15) is 5.26 Å². The molecule has 4 heterocycles. The first-order chi connectivity index (χ1) is 13.2. The van der Waals surface area contributed by atoms with E-state index in [1.807, 2.05) is 13.0 Å². The van der Waals surface area contributed by atoms with Gasteiger partial charge in [0.05, 0.1) is 31.1 Å². The number of hydrogen-bond acceptors (Lipinski definition) is 7. The highest BCUT2D eigenvalue weighted by atomic mass is 16.5. The second-order valence-corrected chi connectivity index (χ2v) is 7.19. The normalized spacial score (nSPS) is 19.3. The molecule has 0 aliphatic carbocycles. The smallest absolute Gasteiger partial charge is 0.316 e. The molecule has 2 aromatic rings. The lowest BCUT2D eigenvalue weighted by molar-refractivity contribution is 0.109. The molecule has 7 heteroatoms. The number of nitrogens with zero attached hydrogens (tertiary/aromatic N) is 5. The van der Waals surface area contributed by atoms with E-state index in [4.69, 9.17) is 14.5 Å². The first kappa shape index (κ1) is 17.7. The number of pyridine rings is 1. The number of rotatable bonds is 4. The van der Waals surface area contributed by atoms with E-state index in [0.717, 1.165) is 55.0 Å². The third-order valence-corrected chi connectivity index (χ3v) is 5.06. The summed E-state index contributed by atoms with van der Waals surface area (Å²) in [6, 6.07) is 4.67. The van der Waals surface area contributed by atoms with Gasteiger partial charge in [-0.05, 0) is 31.4 Å². The zero-order chi connectivity index (χ0) is 18.6.